The molecule has 132 valence electrons. The van der Waals surface area contributed by atoms with Gasteiger partial charge in [-0.15, -0.1) is 0 Å². The molecule has 0 N–H and O–H groups in total. The average Bonchev–Trinajstić information content (AvgIpc) is 2.99. The van der Waals surface area contributed by atoms with Crippen molar-refractivity contribution in [2.24, 2.45) is 28.6 Å². The fourth-order valence-corrected chi connectivity index (χ4v) is 7.33. The third-order valence-corrected chi connectivity index (χ3v) is 8.68. The van der Waals surface area contributed by atoms with Gasteiger partial charge in [0.25, 0.3) is 0 Å². The van der Waals surface area contributed by atoms with E-state index in [9.17, 15) is 0 Å². The predicted molar refractivity (Wildman–Crippen MR) is 106 cm³/mol. The minimum absolute atomic E-state index is 0.402. The molecule has 2 saturated carbocycles. The van der Waals surface area contributed by atoms with E-state index in [0.717, 1.165) is 17.8 Å². The molecule has 0 aromatic heterocycles. The maximum atomic E-state index is 2.69. The van der Waals surface area contributed by atoms with E-state index in [1.807, 2.05) is 5.57 Å². The van der Waals surface area contributed by atoms with E-state index >= 15 is 0 Å². The number of benzene rings is 1. The highest BCUT2D eigenvalue weighted by Crippen LogP contribution is 2.66. The number of fused-ring (bicyclic) bond motifs is 5. The van der Waals surface area contributed by atoms with Crippen molar-refractivity contribution in [3.63, 3.8) is 0 Å². The molecule has 25 heavy (non-hydrogen) atoms. The molecule has 0 heterocycles. The van der Waals surface area contributed by atoms with E-state index in [1.54, 1.807) is 5.57 Å². The van der Waals surface area contributed by atoms with Crippen molar-refractivity contribution >= 4 is 5.57 Å². The van der Waals surface area contributed by atoms with Gasteiger partial charge in [0, 0.05) is 0 Å². The lowest BCUT2D eigenvalue weighted by molar-refractivity contribution is -0.00979. The maximum Gasteiger partial charge on any atom is -0.00383 e. The van der Waals surface area contributed by atoms with Crippen molar-refractivity contribution in [1.29, 1.82) is 0 Å². The topological polar surface area (TPSA) is 0 Å². The fraction of sp³-hybridized carbons (Fsp3) is 0.600. The van der Waals surface area contributed by atoms with E-state index in [1.165, 1.54) is 56.9 Å². The highest BCUT2D eigenvalue weighted by atomic mass is 14.6. The Morgan fingerprint density at radius 2 is 1.68 bits per heavy atom. The molecule has 5 atom stereocenters. The van der Waals surface area contributed by atoms with E-state index in [4.69, 9.17) is 0 Å². The Balaban J connectivity index is 1.49. The molecule has 5 unspecified atom stereocenters. The number of hydrogen-bond donors (Lipinski definition) is 0. The summed E-state index contributed by atoms with van der Waals surface area (Å²) in [6.07, 6.45) is 16.5. The predicted octanol–water partition coefficient (Wildman–Crippen LogP) is 7.03. The third-order valence-electron chi connectivity index (χ3n) is 8.68. The van der Waals surface area contributed by atoms with Crippen LogP contribution in [0.4, 0.5) is 0 Å². The van der Waals surface area contributed by atoms with Crippen LogP contribution in [-0.2, 0) is 0 Å². The van der Waals surface area contributed by atoms with Crippen LogP contribution in [0.25, 0.3) is 5.57 Å². The lowest BCUT2D eigenvalue weighted by Crippen LogP contribution is -2.48. The van der Waals surface area contributed by atoms with E-state index in [0.29, 0.717) is 10.8 Å². The summed E-state index contributed by atoms with van der Waals surface area (Å²) in [7, 11) is 0. The average molecular weight is 333 g/mol. The monoisotopic (exact) mass is 332 g/mol. The third kappa shape index (κ3) is 2.19. The molecule has 0 aliphatic heterocycles. The van der Waals surface area contributed by atoms with Gasteiger partial charge in [-0.3, -0.25) is 0 Å². The Kier molecular flexibility index (Phi) is 3.56. The molecule has 4 aliphatic carbocycles. The highest BCUT2D eigenvalue weighted by Gasteiger charge is 2.56. The summed E-state index contributed by atoms with van der Waals surface area (Å²) < 4.78 is 0. The second-order valence-electron chi connectivity index (χ2n) is 9.64. The summed E-state index contributed by atoms with van der Waals surface area (Å²) in [4.78, 5) is 0. The summed E-state index contributed by atoms with van der Waals surface area (Å²) in [6, 6.07) is 11.2. The molecule has 0 amide bonds. The summed E-state index contributed by atoms with van der Waals surface area (Å²) in [5, 5.41) is 0. The van der Waals surface area contributed by atoms with Crippen LogP contribution < -0.4 is 0 Å². The van der Waals surface area contributed by atoms with Gasteiger partial charge >= 0.3 is 0 Å². The molecule has 0 spiro atoms. The minimum Gasteiger partial charge on any atom is -0.0845 e. The molecule has 0 heteroatoms. The lowest BCUT2D eigenvalue weighted by Gasteiger charge is -2.57. The molecule has 0 saturated heterocycles. The van der Waals surface area contributed by atoms with Crippen molar-refractivity contribution in [2.45, 2.75) is 65.2 Å². The van der Waals surface area contributed by atoms with Crippen molar-refractivity contribution in [1.82, 2.24) is 0 Å². The van der Waals surface area contributed by atoms with Gasteiger partial charge in [-0.1, -0.05) is 68.3 Å². The standard InChI is InChI=1S/C25H32/c1-24-16-7-6-10-19(24)11-12-20-22-14-13-21(18-8-4-3-5-9-18)25(22,2)17-15-23(20)24/h3-5,8-9,11,13,20,22-23H,6-7,10,12,14-17H2,1-2H3. The summed E-state index contributed by atoms with van der Waals surface area (Å²) in [6.45, 7) is 5.21. The quantitative estimate of drug-likeness (QED) is 0.484. The molecule has 1 aromatic carbocycles. The Hall–Kier alpha value is -1.30. The summed E-state index contributed by atoms with van der Waals surface area (Å²) >= 11 is 0. The van der Waals surface area contributed by atoms with Gasteiger partial charge in [0.1, 0.15) is 0 Å². The van der Waals surface area contributed by atoms with E-state index < -0.39 is 0 Å². The fourth-order valence-electron chi connectivity index (χ4n) is 7.33. The molecule has 0 radical (unpaired) electrons. The first kappa shape index (κ1) is 15.9. The van der Waals surface area contributed by atoms with Crippen LogP contribution in [0.1, 0.15) is 70.8 Å². The van der Waals surface area contributed by atoms with Gasteiger partial charge in [-0.25, -0.2) is 0 Å². The zero-order valence-corrected chi connectivity index (χ0v) is 15.9. The zero-order chi connectivity index (χ0) is 17.1. The van der Waals surface area contributed by atoms with Crippen LogP contribution in [-0.4, -0.2) is 0 Å². The van der Waals surface area contributed by atoms with Crippen LogP contribution in [0.2, 0.25) is 0 Å². The van der Waals surface area contributed by atoms with Crippen LogP contribution >= 0.6 is 0 Å². The van der Waals surface area contributed by atoms with Gasteiger partial charge in [0.05, 0.1) is 0 Å². The molecular formula is C25H32. The first-order valence-electron chi connectivity index (χ1n) is 10.6. The molecule has 0 bridgehead atoms. The summed E-state index contributed by atoms with van der Waals surface area (Å²) in [5.41, 5.74) is 5.89. The largest absolute Gasteiger partial charge is 0.0845 e. The van der Waals surface area contributed by atoms with Gasteiger partial charge < -0.3 is 0 Å². The minimum atomic E-state index is 0.402. The van der Waals surface area contributed by atoms with Crippen LogP contribution in [0.5, 0.6) is 0 Å². The number of rotatable bonds is 1. The Labute approximate surface area is 153 Å². The molecule has 1 aromatic rings. The number of hydrogen-bond acceptors (Lipinski definition) is 0. The van der Waals surface area contributed by atoms with Gasteiger partial charge in [0.15, 0.2) is 0 Å². The second kappa shape index (κ2) is 5.60. The van der Waals surface area contributed by atoms with Crippen LogP contribution in [0, 0.1) is 28.6 Å². The van der Waals surface area contributed by atoms with Crippen LogP contribution in [0.3, 0.4) is 0 Å². The van der Waals surface area contributed by atoms with Crippen molar-refractivity contribution in [3.05, 3.63) is 53.6 Å². The molecule has 4 aliphatic rings. The zero-order valence-electron chi connectivity index (χ0n) is 15.9. The Morgan fingerprint density at radius 1 is 0.840 bits per heavy atom. The van der Waals surface area contributed by atoms with Crippen LogP contribution in [0.15, 0.2) is 48.1 Å². The van der Waals surface area contributed by atoms with Crippen molar-refractivity contribution in [3.8, 4) is 0 Å². The number of allylic oxidation sites excluding steroid dienone is 4. The SMILES string of the molecule is CC12CCCCC1=CCC1C2CCC2(C)C(c3ccccc3)=CCC12. The maximum absolute atomic E-state index is 2.69. The lowest BCUT2D eigenvalue weighted by atomic mass is 9.47. The molecule has 5 rings (SSSR count). The normalized spacial score (nSPS) is 42.7. The molecular weight excluding hydrogens is 300 g/mol. The first-order valence-corrected chi connectivity index (χ1v) is 10.6. The van der Waals surface area contributed by atoms with Gasteiger partial charge in [0.2, 0.25) is 0 Å². The molecule has 2 fully saturated rings. The second-order valence-corrected chi connectivity index (χ2v) is 9.64. The first-order chi connectivity index (χ1) is 12.1. The van der Waals surface area contributed by atoms with E-state index in [-0.39, 0.29) is 0 Å². The Bertz CT molecular complexity index is 724. The van der Waals surface area contributed by atoms with E-state index in [2.05, 4.69) is 56.3 Å². The summed E-state index contributed by atoms with van der Waals surface area (Å²) in [5.74, 6) is 2.70. The molecule has 0 nitrogen and oxygen atoms in total. The van der Waals surface area contributed by atoms with Crippen molar-refractivity contribution in [2.75, 3.05) is 0 Å². The highest BCUT2D eigenvalue weighted by molar-refractivity contribution is 5.72. The Morgan fingerprint density at radius 3 is 2.52 bits per heavy atom. The smallest absolute Gasteiger partial charge is 0.00383 e. The van der Waals surface area contributed by atoms with Gasteiger partial charge in [-0.05, 0) is 84.7 Å². The van der Waals surface area contributed by atoms with Crippen molar-refractivity contribution < 1.29 is 0 Å². The van der Waals surface area contributed by atoms with Gasteiger partial charge in [-0.2, -0.15) is 0 Å².